The number of tetrazole rings is 1. The third kappa shape index (κ3) is 3.07. The standard InChI is InChI=1S/C14H10N6O3S/c15-7-10(14-17-19-20-18-14)8-16-13-3-1-2-9-6-11(24(21,22)23)4-5-12(9)13/h1-6,8,16H,(H,21,22,23)(H,17,18,19,20). The maximum Gasteiger partial charge on any atom is 0.294 e. The quantitative estimate of drug-likeness (QED) is 0.478. The molecule has 3 N–H and O–H groups in total. The first-order valence-electron chi connectivity index (χ1n) is 6.60. The summed E-state index contributed by atoms with van der Waals surface area (Å²) in [7, 11) is -4.27. The van der Waals surface area contributed by atoms with E-state index in [0.717, 1.165) is 0 Å². The fourth-order valence-electron chi connectivity index (χ4n) is 2.12. The summed E-state index contributed by atoms with van der Waals surface area (Å²) >= 11 is 0. The van der Waals surface area contributed by atoms with Gasteiger partial charge in [0.2, 0.25) is 5.82 Å². The zero-order valence-corrected chi connectivity index (χ0v) is 12.8. The Morgan fingerprint density at radius 3 is 2.83 bits per heavy atom. The second-order valence-corrected chi connectivity index (χ2v) is 6.13. The molecule has 3 rings (SSSR count). The summed E-state index contributed by atoms with van der Waals surface area (Å²) < 4.78 is 31.6. The van der Waals surface area contributed by atoms with E-state index in [-0.39, 0.29) is 16.3 Å². The summed E-state index contributed by atoms with van der Waals surface area (Å²) in [5, 5.41) is 26.5. The molecule has 0 aliphatic rings. The number of allylic oxidation sites excluding steroid dienone is 1. The molecular formula is C14H10N6O3S. The molecule has 0 aliphatic heterocycles. The van der Waals surface area contributed by atoms with Gasteiger partial charge in [0, 0.05) is 17.3 Å². The molecule has 1 aromatic heterocycles. The molecule has 24 heavy (non-hydrogen) atoms. The van der Waals surface area contributed by atoms with Gasteiger partial charge >= 0.3 is 0 Å². The molecule has 0 bridgehead atoms. The summed E-state index contributed by atoms with van der Waals surface area (Å²) in [4.78, 5) is -0.188. The monoisotopic (exact) mass is 342 g/mol. The van der Waals surface area contributed by atoms with Crippen molar-refractivity contribution in [3.63, 3.8) is 0 Å². The minimum atomic E-state index is -4.27. The molecule has 0 saturated carbocycles. The van der Waals surface area contributed by atoms with Crippen molar-refractivity contribution in [2.75, 3.05) is 5.32 Å². The number of H-pyrrole nitrogens is 1. The van der Waals surface area contributed by atoms with Crippen LogP contribution < -0.4 is 5.32 Å². The van der Waals surface area contributed by atoms with E-state index < -0.39 is 10.1 Å². The van der Waals surface area contributed by atoms with E-state index in [0.29, 0.717) is 16.5 Å². The number of anilines is 1. The molecule has 0 radical (unpaired) electrons. The van der Waals surface area contributed by atoms with E-state index in [1.807, 2.05) is 6.07 Å². The second-order valence-electron chi connectivity index (χ2n) is 4.71. The maximum absolute atomic E-state index is 11.2. The third-order valence-corrected chi connectivity index (χ3v) is 4.08. The van der Waals surface area contributed by atoms with Gasteiger partial charge in [-0.3, -0.25) is 4.55 Å². The van der Waals surface area contributed by atoms with Gasteiger partial charge in [-0.1, -0.05) is 18.2 Å². The van der Waals surface area contributed by atoms with Crippen molar-refractivity contribution in [1.29, 1.82) is 5.26 Å². The van der Waals surface area contributed by atoms with Gasteiger partial charge in [-0.05, 0) is 28.8 Å². The number of rotatable bonds is 4. The molecule has 0 unspecified atom stereocenters. The lowest BCUT2D eigenvalue weighted by Gasteiger charge is -2.07. The van der Waals surface area contributed by atoms with Crippen LogP contribution in [-0.2, 0) is 10.1 Å². The van der Waals surface area contributed by atoms with Crippen LogP contribution in [0, 0.1) is 11.3 Å². The van der Waals surface area contributed by atoms with Gasteiger partial charge in [-0.15, -0.1) is 10.2 Å². The number of hydrogen-bond acceptors (Lipinski definition) is 7. The fraction of sp³-hybridized carbons (Fsp3) is 0. The molecule has 0 saturated heterocycles. The summed E-state index contributed by atoms with van der Waals surface area (Å²) in [5.41, 5.74) is 0.820. The lowest BCUT2D eigenvalue weighted by atomic mass is 10.1. The maximum atomic E-state index is 11.2. The molecule has 0 aliphatic carbocycles. The Labute approximate surface area is 136 Å². The topological polar surface area (TPSA) is 145 Å². The molecule has 1 heterocycles. The van der Waals surface area contributed by atoms with Crippen molar-refractivity contribution in [3.8, 4) is 6.07 Å². The average Bonchev–Trinajstić information content (AvgIpc) is 3.08. The van der Waals surface area contributed by atoms with Crippen molar-refractivity contribution in [3.05, 3.63) is 48.4 Å². The van der Waals surface area contributed by atoms with E-state index in [4.69, 9.17) is 9.81 Å². The number of fused-ring (bicyclic) bond motifs is 1. The van der Waals surface area contributed by atoms with Crippen LogP contribution in [0.1, 0.15) is 5.82 Å². The van der Waals surface area contributed by atoms with Crippen LogP contribution in [0.15, 0.2) is 47.5 Å². The Morgan fingerprint density at radius 2 is 2.17 bits per heavy atom. The van der Waals surface area contributed by atoms with Crippen LogP contribution in [0.5, 0.6) is 0 Å². The number of benzene rings is 2. The first-order valence-corrected chi connectivity index (χ1v) is 8.04. The summed E-state index contributed by atoms with van der Waals surface area (Å²) in [5.74, 6) is 0.152. The predicted molar refractivity (Wildman–Crippen MR) is 85.2 cm³/mol. The fourth-order valence-corrected chi connectivity index (χ4v) is 2.64. The molecule has 9 nitrogen and oxygen atoms in total. The molecule has 0 amide bonds. The van der Waals surface area contributed by atoms with Gasteiger partial charge in [-0.25, -0.2) is 0 Å². The van der Waals surface area contributed by atoms with E-state index >= 15 is 0 Å². The molecule has 0 spiro atoms. The van der Waals surface area contributed by atoms with E-state index in [1.54, 1.807) is 24.3 Å². The van der Waals surface area contributed by atoms with Crippen LogP contribution in [0.4, 0.5) is 5.69 Å². The van der Waals surface area contributed by atoms with E-state index in [2.05, 4.69) is 25.9 Å². The number of aromatic nitrogens is 4. The average molecular weight is 342 g/mol. The number of nitrogens with one attached hydrogen (secondary N) is 2. The van der Waals surface area contributed by atoms with Crippen molar-refractivity contribution in [2.45, 2.75) is 4.90 Å². The van der Waals surface area contributed by atoms with Crippen LogP contribution in [0.3, 0.4) is 0 Å². The molecular weight excluding hydrogens is 332 g/mol. The Morgan fingerprint density at radius 1 is 1.33 bits per heavy atom. The highest BCUT2D eigenvalue weighted by atomic mass is 32.2. The van der Waals surface area contributed by atoms with Gasteiger partial charge in [0.1, 0.15) is 11.6 Å². The van der Waals surface area contributed by atoms with E-state index in [1.165, 1.54) is 18.3 Å². The molecule has 10 heteroatoms. The number of nitrogens with zero attached hydrogens (tertiary/aromatic N) is 4. The molecule has 3 aromatic rings. The van der Waals surface area contributed by atoms with E-state index in [9.17, 15) is 8.42 Å². The molecule has 0 atom stereocenters. The highest BCUT2D eigenvalue weighted by molar-refractivity contribution is 7.85. The Balaban J connectivity index is 2.00. The molecule has 120 valence electrons. The van der Waals surface area contributed by atoms with Gasteiger partial charge in [0.25, 0.3) is 10.1 Å². The minimum absolute atomic E-state index is 0.152. The number of hydrogen-bond donors (Lipinski definition) is 3. The van der Waals surface area contributed by atoms with Crippen molar-refractivity contribution in [1.82, 2.24) is 20.6 Å². The van der Waals surface area contributed by atoms with Gasteiger partial charge in [0.05, 0.1) is 4.90 Å². The Bertz CT molecular complexity index is 1070. The highest BCUT2D eigenvalue weighted by Gasteiger charge is 2.11. The summed E-state index contributed by atoms with van der Waals surface area (Å²) in [6.07, 6.45) is 1.43. The SMILES string of the molecule is N#CC(=CNc1cccc2cc(S(=O)(=O)O)ccc12)c1nn[nH]n1. The second kappa shape index (κ2) is 6.07. The van der Waals surface area contributed by atoms with Crippen molar-refractivity contribution < 1.29 is 13.0 Å². The zero-order chi connectivity index (χ0) is 17.2. The summed E-state index contributed by atoms with van der Waals surface area (Å²) in [6, 6.07) is 11.4. The Hall–Kier alpha value is -3.29. The van der Waals surface area contributed by atoms with Gasteiger partial charge in [-0.2, -0.15) is 18.9 Å². The molecule has 0 fully saturated rings. The first-order chi connectivity index (χ1) is 11.5. The van der Waals surface area contributed by atoms with Crippen molar-refractivity contribution in [2.24, 2.45) is 0 Å². The first kappa shape index (κ1) is 15.6. The van der Waals surface area contributed by atoms with Crippen LogP contribution in [0.25, 0.3) is 16.3 Å². The lowest BCUT2D eigenvalue weighted by Crippen LogP contribution is -1.98. The highest BCUT2D eigenvalue weighted by Crippen LogP contribution is 2.26. The van der Waals surface area contributed by atoms with Gasteiger partial charge < -0.3 is 5.32 Å². The van der Waals surface area contributed by atoms with Crippen molar-refractivity contribution >= 4 is 32.2 Å². The smallest absolute Gasteiger partial charge is 0.294 e. The summed E-state index contributed by atoms with van der Waals surface area (Å²) in [6.45, 7) is 0. The Kier molecular flexibility index (Phi) is 3.95. The minimum Gasteiger partial charge on any atom is -0.360 e. The predicted octanol–water partition coefficient (Wildman–Crippen LogP) is 1.58. The third-order valence-electron chi connectivity index (χ3n) is 3.23. The number of nitriles is 1. The lowest BCUT2D eigenvalue weighted by molar-refractivity contribution is 0.483. The van der Waals surface area contributed by atoms with Crippen LogP contribution >= 0.6 is 0 Å². The van der Waals surface area contributed by atoms with Gasteiger partial charge in [0.15, 0.2) is 0 Å². The normalized spacial score (nSPS) is 12.1. The number of aromatic amines is 1. The largest absolute Gasteiger partial charge is 0.360 e. The van der Waals surface area contributed by atoms with Crippen LogP contribution in [0.2, 0.25) is 0 Å². The molecule has 2 aromatic carbocycles. The zero-order valence-electron chi connectivity index (χ0n) is 12.0. The van der Waals surface area contributed by atoms with Crippen LogP contribution in [-0.4, -0.2) is 33.6 Å².